The Morgan fingerprint density at radius 3 is 2.57 bits per heavy atom. The molecule has 0 saturated carbocycles. The number of aldehydes is 1. The molecule has 7 heteroatoms. The van der Waals surface area contributed by atoms with Gasteiger partial charge in [0.1, 0.15) is 12.9 Å². The third kappa shape index (κ3) is 5.67. The van der Waals surface area contributed by atoms with Gasteiger partial charge in [-0.25, -0.2) is 0 Å². The van der Waals surface area contributed by atoms with E-state index in [1.54, 1.807) is 0 Å². The lowest BCUT2D eigenvalue weighted by atomic mass is 9.98. The van der Waals surface area contributed by atoms with Gasteiger partial charge < -0.3 is 4.79 Å². The minimum atomic E-state index is -2.67. The Morgan fingerprint density at radius 2 is 2.14 bits per heavy atom. The predicted molar refractivity (Wildman–Crippen MR) is 56.0 cm³/mol. The van der Waals surface area contributed by atoms with Gasteiger partial charge in [0.15, 0.2) is 0 Å². The number of carbonyl (C=O) groups excluding carboxylic acids is 2. The van der Waals surface area contributed by atoms with Gasteiger partial charge >= 0.3 is 8.60 Å². The van der Waals surface area contributed by atoms with Crippen LogP contribution in [0.2, 0.25) is 0 Å². The topological polar surface area (TPSA) is 83.8 Å². The molecule has 0 aromatic heterocycles. The van der Waals surface area contributed by atoms with Crippen molar-refractivity contribution in [3.8, 4) is 0 Å². The normalized spacial score (nSPS) is 11.8. The fourth-order valence-corrected chi connectivity index (χ4v) is 1.71. The maximum Gasteiger partial charge on any atom is 0.392 e. The quantitative estimate of drug-likeness (QED) is 0.304. The molecule has 0 saturated heterocycles. The lowest BCUT2D eigenvalue weighted by Gasteiger charge is -2.13. The van der Waals surface area contributed by atoms with Crippen molar-refractivity contribution in [2.45, 2.75) is 13.8 Å². The van der Waals surface area contributed by atoms with Crippen molar-refractivity contribution >= 4 is 31.8 Å². The first-order chi connectivity index (χ1) is 6.40. The Morgan fingerprint density at radius 1 is 1.57 bits per heavy atom. The van der Waals surface area contributed by atoms with E-state index < -0.39 is 14.0 Å². The summed E-state index contributed by atoms with van der Waals surface area (Å²) in [5, 5.41) is -0.249. The maximum absolute atomic E-state index is 11.3. The van der Waals surface area contributed by atoms with Gasteiger partial charge in [0.25, 0.3) is 0 Å². The zero-order valence-electron chi connectivity index (χ0n) is 8.02. The Hall–Kier alpha value is -0.0000000000000000416. The van der Waals surface area contributed by atoms with Crippen LogP contribution in [0.4, 0.5) is 0 Å². The summed E-state index contributed by atoms with van der Waals surface area (Å²) < 4.78 is 4.49. The molecule has 0 atom stereocenters. The lowest BCUT2D eigenvalue weighted by molar-refractivity contribution is -0.126. The minimum absolute atomic E-state index is 0.0899. The molecule has 0 aromatic carbocycles. The summed E-state index contributed by atoms with van der Waals surface area (Å²) in [6, 6.07) is 0. The van der Waals surface area contributed by atoms with Crippen LogP contribution in [0, 0.1) is 5.41 Å². The second-order valence-electron chi connectivity index (χ2n) is 3.11. The SMILES string of the molecule is CC(C)(C=O)C(=O)SCCO[PH+](O)O. The first-order valence-corrected chi connectivity index (χ1v) is 6.20. The Kier molecular flexibility index (Phi) is 6.48. The lowest BCUT2D eigenvalue weighted by Crippen LogP contribution is -2.23. The van der Waals surface area contributed by atoms with E-state index in [0.29, 0.717) is 12.0 Å². The molecule has 5 nitrogen and oxygen atoms in total. The molecule has 0 rings (SSSR count). The molecule has 0 amide bonds. The second kappa shape index (κ2) is 6.48. The third-order valence-electron chi connectivity index (χ3n) is 1.37. The van der Waals surface area contributed by atoms with Gasteiger partial charge in [-0.1, -0.05) is 11.8 Å². The molecule has 0 spiro atoms. The van der Waals surface area contributed by atoms with Crippen LogP contribution in [0.3, 0.4) is 0 Å². The van der Waals surface area contributed by atoms with Gasteiger partial charge in [0, 0.05) is 5.75 Å². The third-order valence-corrected chi connectivity index (χ3v) is 2.99. The molecule has 0 aromatic rings. The smallest absolute Gasteiger partial charge is 0.302 e. The average Bonchev–Trinajstić information content (AvgIpc) is 2.11. The Balaban J connectivity index is 3.70. The van der Waals surface area contributed by atoms with Crippen LogP contribution >= 0.6 is 20.4 Å². The van der Waals surface area contributed by atoms with Crippen LogP contribution < -0.4 is 0 Å². The fourth-order valence-electron chi connectivity index (χ4n) is 0.501. The van der Waals surface area contributed by atoms with E-state index in [1.165, 1.54) is 13.8 Å². The highest BCUT2D eigenvalue weighted by Crippen LogP contribution is 2.26. The number of rotatable bonds is 6. The summed E-state index contributed by atoms with van der Waals surface area (Å²) in [4.78, 5) is 38.6. The first-order valence-electron chi connectivity index (χ1n) is 3.91. The molecule has 0 unspecified atom stereocenters. The highest BCUT2D eigenvalue weighted by Gasteiger charge is 2.27. The van der Waals surface area contributed by atoms with Gasteiger partial charge in [-0.05, 0) is 13.8 Å². The van der Waals surface area contributed by atoms with Crippen LogP contribution in [0.15, 0.2) is 0 Å². The van der Waals surface area contributed by atoms with E-state index in [2.05, 4.69) is 4.52 Å². The largest absolute Gasteiger partial charge is 0.392 e. The molecule has 0 aliphatic heterocycles. The molecule has 0 aliphatic rings. The Bertz CT molecular complexity index is 206. The van der Waals surface area contributed by atoms with Gasteiger partial charge in [-0.3, -0.25) is 4.79 Å². The van der Waals surface area contributed by atoms with Gasteiger partial charge in [0.2, 0.25) is 5.12 Å². The van der Waals surface area contributed by atoms with E-state index in [0.717, 1.165) is 11.8 Å². The van der Waals surface area contributed by atoms with Crippen LogP contribution in [0.5, 0.6) is 0 Å². The van der Waals surface area contributed by atoms with Crippen molar-refractivity contribution in [1.29, 1.82) is 0 Å². The maximum atomic E-state index is 11.3. The minimum Gasteiger partial charge on any atom is -0.302 e. The summed E-state index contributed by atoms with van der Waals surface area (Å²) in [6.07, 6.45) is 0.594. The highest BCUT2D eigenvalue weighted by atomic mass is 32.2. The van der Waals surface area contributed by atoms with Crippen molar-refractivity contribution in [1.82, 2.24) is 0 Å². The molecule has 0 aliphatic carbocycles. The first kappa shape index (κ1) is 14.0. The van der Waals surface area contributed by atoms with E-state index in [9.17, 15) is 9.59 Å². The average molecular weight is 241 g/mol. The van der Waals surface area contributed by atoms with E-state index in [4.69, 9.17) is 9.79 Å². The molecule has 0 heterocycles. The zero-order chi connectivity index (χ0) is 11.2. The van der Waals surface area contributed by atoms with Crippen LogP contribution in [0.25, 0.3) is 0 Å². The van der Waals surface area contributed by atoms with E-state index in [-0.39, 0.29) is 11.7 Å². The summed E-state index contributed by atoms with van der Waals surface area (Å²) >= 11 is 0.949. The number of thioether (sulfide) groups is 1. The number of hydrogen-bond acceptors (Lipinski definition) is 6. The molecule has 82 valence electrons. The van der Waals surface area contributed by atoms with E-state index >= 15 is 0 Å². The monoisotopic (exact) mass is 241 g/mol. The number of carbonyl (C=O) groups is 2. The predicted octanol–water partition coefficient (Wildman–Crippen LogP) is 0.432. The summed E-state index contributed by atoms with van der Waals surface area (Å²) in [7, 11) is -2.67. The molecule has 2 N–H and O–H groups in total. The Labute approximate surface area is 87.8 Å². The highest BCUT2D eigenvalue weighted by molar-refractivity contribution is 8.13. The zero-order valence-corrected chi connectivity index (χ0v) is 9.84. The fraction of sp³-hybridized carbons (Fsp3) is 0.714. The van der Waals surface area contributed by atoms with Gasteiger partial charge in [-0.2, -0.15) is 14.3 Å². The summed E-state index contributed by atoms with van der Waals surface area (Å²) in [6.45, 7) is 3.15. The van der Waals surface area contributed by atoms with Crippen LogP contribution in [0.1, 0.15) is 13.8 Å². The van der Waals surface area contributed by atoms with Crippen molar-refractivity contribution in [2.24, 2.45) is 5.41 Å². The van der Waals surface area contributed by atoms with Gasteiger partial charge in [0.05, 0.1) is 5.41 Å². The van der Waals surface area contributed by atoms with Crippen molar-refractivity contribution < 1.29 is 23.9 Å². The molecule has 0 fully saturated rings. The van der Waals surface area contributed by atoms with Crippen LogP contribution in [-0.4, -0.2) is 33.5 Å². The summed E-state index contributed by atoms with van der Waals surface area (Å²) in [5.41, 5.74) is -0.989. The standard InChI is InChI=1S/C7H14O5PS/c1-7(2,5-8)6(9)14-4-3-12-13(10)11/h5,10-11,13H,3-4H2,1-2H3/q+1. The van der Waals surface area contributed by atoms with Crippen LogP contribution in [-0.2, 0) is 14.1 Å². The van der Waals surface area contributed by atoms with Crippen molar-refractivity contribution in [3.05, 3.63) is 0 Å². The number of hydrogen-bond donors (Lipinski definition) is 2. The summed E-state index contributed by atoms with van der Waals surface area (Å²) in [5.74, 6) is 0.311. The molecular formula is C7H14O5PS+. The second-order valence-corrected chi connectivity index (χ2v) is 5.03. The molecule has 14 heavy (non-hydrogen) atoms. The molecule has 0 bridgehead atoms. The molecular weight excluding hydrogens is 227 g/mol. The van der Waals surface area contributed by atoms with E-state index in [1.807, 2.05) is 0 Å². The van der Waals surface area contributed by atoms with Crippen molar-refractivity contribution in [3.63, 3.8) is 0 Å². The van der Waals surface area contributed by atoms with Gasteiger partial charge in [-0.15, -0.1) is 0 Å². The van der Waals surface area contributed by atoms with Crippen molar-refractivity contribution in [2.75, 3.05) is 12.4 Å². The molecule has 0 radical (unpaired) electrons.